The fraction of sp³-hybridized carbons (Fsp3) is 0.0984. The minimum absolute atomic E-state index is 0.625. The molecule has 0 fully saturated rings. The van der Waals surface area contributed by atoms with Gasteiger partial charge in [0.25, 0.3) is 0 Å². The number of hydrogen-bond donors (Lipinski definition) is 0. The first-order valence-corrected chi connectivity index (χ1v) is 24.9. The first kappa shape index (κ1) is 44.0. The van der Waals surface area contributed by atoms with Crippen molar-refractivity contribution in [2.75, 3.05) is 9.80 Å². The zero-order chi connectivity index (χ0) is 46.1. The van der Waals surface area contributed by atoms with Crippen LogP contribution in [0.15, 0.2) is 219 Å². The van der Waals surface area contributed by atoms with Crippen molar-refractivity contribution in [3.8, 4) is 59.1 Å². The van der Waals surface area contributed by atoms with E-state index >= 15 is 0 Å². The summed E-state index contributed by atoms with van der Waals surface area (Å²) < 4.78 is 0. The van der Waals surface area contributed by atoms with Gasteiger partial charge in [0.05, 0.1) is 22.2 Å². The van der Waals surface area contributed by atoms with Crippen LogP contribution in [0.2, 0.25) is 0 Å². The molecule has 0 N–H and O–H groups in total. The quantitative estimate of drug-likeness (QED) is 0.0904. The van der Waals surface area contributed by atoms with Crippen molar-refractivity contribution in [2.45, 2.75) is 39.0 Å². The number of rotatable bonds is 16. The van der Waals surface area contributed by atoms with Crippen LogP contribution in [0.1, 0.15) is 43.7 Å². The number of para-hydroxylation sites is 4. The fourth-order valence-electron chi connectivity index (χ4n) is 8.93. The average molecular weight is 916 g/mol. The Bertz CT molecular complexity index is 3170. The van der Waals surface area contributed by atoms with Crippen LogP contribution in [-0.4, -0.2) is 9.97 Å². The highest BCUT2D eigenvalue weighted by Crippen LogP contribution is 2.51. The Labute approximate surface area is 407 Å². The molecule has 10 rings (SSSR count). The molecule has 0 unspecified atom stereocenters. The average Bonchev–Trinajstić information content (AvgIpc) is 4.05. The van der Waals surface area contributed by atoms with Gasteiger partial charge in [0.2, 0.25) is 0 Å². The van der Waals surface area contributed by atoms with Gasteiger partial charge in [-0.2, -0.15) is 5.26 Å². The molecule has 330 valence electrons. The molecule has 0 amide bonds. The van der Waals surface area contributed by atoms with E-state index in [-0.39, 0.29) is 0 Å². The molecule has 0 radical (unpaired) electrons. The second kappa shape index (κ2) is 20.7. The van der Waals surface area contributed by atoms with Gasteiger partial charge in [0.15, 0.2) is 0 Å². The molecule has 5 nitrogen and oxygen atoms in total. The molecule has 0 atom stereocenters. The number of nitrogens with zero attached hydrogens (tertiary/aromatic N) is 5. The number of anilines is 6. The number of hydrogen-bond acceptors (Lipinski definition) is 7. The van der Waals surface area contributed by atoms with Crippen LogP contribution in [0.3, 0.4) is 0 Å². The van der Waals surface area contributed by atoms with Gasteiger partial charge in [-0.3, -0.25) is 0 Å². The van der Waals surface area contributed by atoms with E-state index in [2.05, 4.69) is 210 Å². The van der Waals surface area contributed by atoms with Crippen LogP contribution >= 0.6 is 22.7 Å². The van der Waals surface area contributed by atoms with Gasteiger partial charge < -0.3 is 9.80 Å². The summed E-state index contributed by atoms with van der Waals surface area (Å²) in [4.78, 5) is 18.8. The molecule has 0 aliphatic rings. The zero-order valence-electron chi connectivity index (χ0n) is 37.9. The van der Waals surface area contributed by atoms with Gasteiger partial charge >= 0.3 is 0 Å². The van der Waals surface area contributed by atoms with Gasteiger partial charge in [-0.15, -0.1) is 22.7 Å². The summed E-state index contributed by atoms with van der Waals surface area (Å²) in [7, 11) is 0. The highest BCUT2D eigenvalue weighted by atomic mass is 32.1. The Morgan fingerprint density at radius 3 is 1.47 bits per heavy atom. The lowest BCUT2D eigenvalue weighted by atomic mass is 9.93. The van der Waals surface area contributed by atoms with Gasteiger partial charge in [0.1, 0.15) is 6.33 Å². The lowest BCUT2D eigenvalue weighted by Crippen LogP contribution is -2.09. The zero-order valence-corrected chi connectivity index (χ0v) is 39.5. The van der Waals surface area contributed by atoms with Crippen LogP contribution in [0.25, 0.3) is 53.0 Å². The van der Waals surface area contributed by atoms with E-state index in [9.17, 15) is 5.26 Å². The first-order chi connectivity index (χ1) is 33.7. The van der Waals surface area contributed by atoms with E-state index in [1.165, 1.54) is 56.1 Å². The van der Waals surface area contributed by atoms with E-state index in [1.54, 1.807) is 17.7 Å². The molecular weight excluding hydrogens is 867 g/mol. The monoisotopic (exact) mass is 915 g/mol. The van der Waals surface area contributed by atoms with Gasteiger partial charge in [-0.05, 0) is 132 Å². The van der Waals surface area contributed by atoms with Crippen molar-refractivity contribution in [1.82, 2.24) is 9.97 Å². The highest BCUT2D eigenvalue weighted by Gasteiger charge is 2.25. The molecule has 7 heteroatoms. The lowest BCUT2D eigenvalue weighted by molar-refractivity contribution is 0.668. The van der Waals surface area contributed by atoms with Crippen LogP contribution in [0.5, 0.6) is 0 Å². The van der Waals surface area contributed by atoms with E-state index in [0.29, 0.717) is 5.56 Å². The van der Waals surface area contributed by atoms with Crippen LogP contribution in [-0.2, 0) is 6.42 Å². The second-order valence-corrected chi connectivity index (χ2v) is 18.8. The normalized spacial score (nSPS) is 11.0. The first-order valence-electron chi connectivity index (χ1n) is 23.2. The maximum atomic E-state index is 9.48. The van der Waals surface area contributed by atoms with Crippen molar-refractivity contribution in [3.63, 3.8) is 0 Å². The van der Waals surface area contributed by atoms with E-state index in [1.807, 2.05) is 41.8 Å². The standard InChI is InChI=1S/C61H49N5S2/c1-2-3-4-17-26-54-58(46-31-35-52(36-32-46)65(48-18-9-5-10-19-48)49-20-11-6-12-21-49)60(47-33-37-53(38-34-47)66(50-22-13-7-14-23-50)51-24-15-8-16-25-51)68-61(54)57-40-39-56(67-57)59-55(42-63-43-64-59)45-29-27-44(41-62)28-30-45/h5-16,18-25,27-40,42-43H,2-4,17,26H2,1H3. The number of nitriles is 1. The van der Waals surface area contributed by atoms with Crippen molar-refractivity contribution in [2.24, 2.45) is 0 Å². The van der Waals surface area contributed by atoms with Crippen LogP contribution in [0, 0.1) is 11.3 Å². The molecule has 7 aromatic carbocycles. The lowest BCUT2D eigenvalue weighted by Gasteiger charge is -2.26. The summed E-state index contributed by atoms with van der Waals surface area (Å²) in [5.74, 6) is 0. The maximum Gasteiger partial charge on any atom is 0.116 e. The van der Waals surface area contributed by atoms with E-state index in [4.69, 9.17) is 4.98 Å². The summed E-state index contributed by atoms with van der Waals surface area (Å²) >= 11 is 3.68. The van der Waals surface area contributed by atoms with Crippen molar-refractivity contribution in [3.05, 3.63) is 230 Å². The third-order valence-corrected chi connectivity index (χ3v) is 14.8. The third-order valence-electron chi connectivity index (χ3n) is 12.2. The fourth-order valence-corrected chi connectivity index (χ4v) is 11.5. The predicted molar refractivity (Wildman–Crippen MR) is 287 cm³/mol. The summed E-state index contributed by atoms with van der Waals surface area (Å²) in [6, 6.07) is 75.2. The Morgan fingerprint density at radius 1 is 0.471 bits per heavy atom. The number of thiophene rings is 2. The van der Waals surface area contributed by atoms with Crippen molar-refractivity contribution < 1.29 is 0 Å². The molecule has 0 saturated heterocycles. The summed E-state index contributed by atoms with van der Waals surface area (Å²) in [5.41, 5.74) is 15.2. The molecule has 3 aromatic heterocycles. The topological polar surface area (TPSA) is 56.1 Å². The molecule has 10 aromatic rings. The van der Waals surface area contributed by atoms with Gasteiger partial charge in [-0.1, -0.05) is 135 Å². The minimum Gasteiger partial charge on any atom is -0.311 e. The number of benzene rings is 7. The van der Waals surface area contributed by atoms with Gasteiger partial charge in [-0.25, -0.2) is 9.97 Å². The molecule has 0 bridgehead atoms. The molecule has 68 heavy (non-hydrogen) atoms. The van der Waals surface area contributed by atoms with Crippen molar-refractivity contribution >= 4 is 56.8 Å². The van der Waals surface area contributed by atoms with E-state index in [0.717, 1.165) is 68.7 Å². The Kier molecular flexibility index (Phi) is 13.4. The molecule has 0 spiro atoms. The maximum absolute atomic E-state index is 9.48. The predicted octanol–water partition coefficient (Wildman–Crippen LogP) is 17.9. The SMILES string of the molecule is CCCCCCc1c(-c2ccc(-c3ncncc3-c3ccc(C#N)cc3)s2)sc(-c2ccc(N(c3ccccc3)c3ccccc3)cc2)c1-c1ccc(N(c2ccccc2)c2ccccc2)cc1. The summed E-state index contributed by atoms with van der Waals surface area (Å²) in [5, 5.41) is 9.48. The van der Waals surface area contributed by atoms with Crippen molar-refractivity contribution in [1.29, 1.82) is 5.26 Å². The minimum atomic E-state index is 0.625. The second-order valence-electron chi connectivity index (χ2n) is 16.7. The molecule has 0 saturated carbocycles. The largest absolute Gasteiger partial charge is 0.311 e. The molecule has 0 aliphatic heterocycles. The highest BCUT2D eigenvalue weighted by molar-refractivity contribution is 7.25. The van der Waals surface area contributed by atoms with Crippen LogP contribution < -0.4 is 9.80 Å². The molecular formula is C61H49N5S2. The van der Waals surface area contributed by atoms with Gasteiger partial charge in [0, 0.05) is 66.1 Å². The Morgan fingerprint density at radius 2 is 0.956 bits per heavy atom. The van der Waals surface area contributed by atoms with E-state index < -0.39 is 0 Å². The molecule has 0 aliphatic carbocycles. The Hall–Kier alpha value is -7.89. The smallest absolute Gasteiger partial charge is 0.116 e. The summed E-state index contributed by atoms with van der Waals surface area (Å²) in [6.07, 6.45) is 9.14. The Balaban J connectivity index is 1.12. The van der Waals surface area contributed by atoms with Crippen LogP contribution in [0.4, 0.5) is 34.1 Å². The summed E-state index contributed by atoms with van der Waals surface area (Å²) in [6.45, 7) is 2.28. The third kappa shape index (κ3) is 9.38. The number of unbranched alkanes of at least 4 members (excludes halogenated alkanes) is 3. The number of aromatic nitrogens is 2. The molecule has 3 heterocycles.